The molecule has 0 spiro atoms. The second-order valence-corrected chi connectivity index (χ2v) is 46.8. The Labute approximate surface area is 852 Å². The number of aromatic nitrogens is 9. The van der Waals surface area contributed by atoms with E-state index in [9.17, 15) is 0 Å². The molecule has 12 heterocycles. The molecule has 0 fully saturated rings. The number of aryl methyl sites for hydroxylation is 2. The molecule has 0 amide bonds. The molecule has 9 aromatic heterocycles. The van der Waals surface area contributed by atoms with Crippen LogP contribution in [0.15, 0.2) is 481 Å². The molecule has 0 saturated heterocycles. The molecule has 0 saturated carbocycles. The van der Waals surface area contributed by atoms with Gasteiger partial charge in [0.05, 0.1) is 56.9 Å². The second kappa shape index (κ2) is 39.1. The molecule has 24 rings (SSSR count). The summed E-state index contributed by atoms with van der Waals surface area (Å²) < 4.78 is 45.5. The summed E-state index contributed by atoms with van der Waals surface area (Å²) in [5, 5.41) is 6.83. The van der Waals surface area contributed by atoms with Crippen molar-refractivity contribution in [3.8, 4) is 67.3 Å². The van der Waals surface area contributed by atoms with Gasteiger partial charge in [-0.2, -0.15) is 0 Å². The zero-order chi connectivity index (χ0) is 99.9. The highest BCUT2D eigenvalue weighted by molar-refractivity contribution is 7.86. The van der Waals surface area contributed by atoms with Gasteiger partial charge < -0.3 is 28.4 Å². The highest BCUT2D eigenvalue weighted by Gasteiger charge is 2.44. The van der Waals surface area contributed by atoms with Gasteiger partial charge in [-0.1, -0.05) is 205 Å². The Hall–Kier alpha value is -16.9. The fraction of sp³-hybridized carbons (Fsp3) is 0.0859. The molecule has 0 aliphatic carbocycles. The fourth-order valence-electron chi connectivity index (χ4n) is 21.1. The van der Waals surface area contributed by atoms with E-state index < -0.39 is 21.4 Å². The number of rotatable bonds is 18. The van der Waals surface area contributed by atoms with Gasteiger partial charge in [0.2, 0.25) is 0 Å². The van der Waals surface area contributed by atoms with Gasteiger partial charge in [-0.25, -0.2) is 0 Å². The molecule has 3 aliphatic rings. The Morgan fingerprint density at radius 2 is 0.432 bits per heavy atom. The third kappa shape index (κ3) is 17.2. The topological polar surface area (TPSA) is 177 Å². The van der Waals surface area contributed by atoms with Crippen LogP contribution in [0, 0.1) is 13.8 Å². The summed E-state index contributed by atoms with van der Waals surface area (Å²) >= 11 is 0. The monoisotopic (exact) mass is 1950 g/mol. The van der Waals surface area contributed by atoms with Crippen molar-refractivity contribution in [3.05, 3.63) is 526 Å². The smallest absolute Gasteiger partial charge is 0.172 e. The summed E-state index contributed by atoms with van der Waals surface area (Å²) in [4.78, 5) is 47.5. The van der Waals surface area contributed by atoms with Crippen LogP contribution in [0.2, 0.25) is 0 Å². The molecule has 12 aromatic carbocycles. The second-order valence-electron chi connectivity index (χ2n) is 38.5. The minimum absolute atomic E-state index is 0.311. The van der Waals surface area contributed by atoms with Crippen LogP contribution in [0.4, 0.5) is 51.2 Å². The van der Waals surface area contributed by atoms with E-state index in [1.54, 1.807) is 49.6 Å². The summed E-state index contributed by atoms with van der Waals surface area (Å²) in [7, 11) is -9.55. The van der Waals surface area contributed by atoms with E-state index in [-0.39, 0.29) is 16.2 Å². The summed E-state index contributed by atoms with van der Waals surface area (Å²) in [5.74, 6) is 0. The Kier molecular flexibility index (Phi) is 25.2. The molecule has 3 atom stereocenters. The molecule has 3 unspecified atom stereocenters. The van der Waals surface area contributed by atoms with E-state index in [1.165, 1.54) is 33.4 Å². The molecule has 21 aromatic rings. The van der Waals surface area contributed by atoms with Crippen molar-refractivity contribution in [2.75, 3.05) is 14.7 Å². The molecule has 0 radical (unpaired) electrons. The van der Waals surface area contributed by atoms with Crippen molar-refractivity contribution < 1.29 is 13.7 Å². The van der Waals surface area contributed by atoms with E-state index >= 15 is 13.7 Å². The van der Waals surface area contributed by atoms with Crippen LogP contribution in [0.25, 0.3) is 67.3 Å². The maximum atomic E-state index is 15.2. The maximum absolute atomic E-state index is 15.2. The van der Waals surface area contributed by atoms with Gasteiger partial charge in [0, 0.05) is 190 Å². The lowest BCUT2D eigenvalue weighted by Gasteiger charge is -2.43. The third-order valence-electron chi connectivity index (χ3n) is 28.7. The van der Waals surface area contributed by atoms with Crippen molar-refractivity contribution in [2.45, 2.75) is 71.6 Å². The number of hydrogen-bond donors (Lipinski definition) is 0. The van der Waals surface area contributed by atoms with Crippen LogP contribution in [0.5, 0.6) is 0 Å². The summed E-state index contributed by atoms with van der Waals surface area (Å²) in [6, 6.07) is 134. The highest BCUT2D eigenvalue weighted by Crippen LogP contribution is 2.59. The van der Waals surface area contributed by atoms with Gasteiger partial charge in [-0.05, 0) is 311 Å². The lowest BCUT2D eigenvalue weighted by molar-refractivity contribution is 0.591. The van der Waals surface area contributed by atoms with Crippen LogP contribution in [0.1, 0.15) is 86.1 Å². The fourth-order valence-corrected chi connectivity index (χ4v) is 29.0. The van der Waals surface area contributed by atoms with Crippen molar-refractivity contribution in [1.82, 2.24) is 44.9 Å². The van der Waals surface area contributed by atoms with E-state index in [4.69, 9.17) is 0 Å². The van der Waals surface area contributed by atoms with Crippen molar-refractivity contribution >= 4 is 120 Å². The number of anilines is 9. The molecule has 15 nitrogen and oxygen atoms in total. The standard InChI is InChI=1S/2C43H35N4OP.C42H33N4OP/c1-30-24-36(49(48,35-12-5-4-6-13-35)37-14-9-23-46-29-37)17-20-40(30)47-41-18-15-31(33-10-7-21-44-27-33)25-38(41)43(2,3)39-26-32(16-19-42(39)47)34-11-8-22-45-28-34;1-30-26-34(49(48,33-12-5-4-6-13-33)35-14-11-23-44-29-35)19-22-40(30)47-41-20-17-31(38-15-7-9-24-45-38)27-36(41)43(2,3)37-28-32(18-21-42(37)47)39-16-8-10-25-46-39;1-42(2)36-27-30(38-14-6-8-25-44-38)16-22-40(36)46(41-23-17-31(28-37(41)42)39-15-7-9-26-45-39)32-18-20-34(21-19-32)48(47,33-11-4-3-5-12-33)35-13-10-24-43-29-35/h2*4-29H,1-3H3;3-29H,1-2H3. The first kappa shape index (κ1) is 94.0. The Balaban J connectivity index is 0.000000125. The average Bonchev–Trinajstić information content (AvgIpc) is 0.711. The largest absolute Gasteiger partial charge is 0.310 e. The first-order chi connectivity index (χ1) is 71.1. The molecule has 18 heteroatoms. The van der Waals surface area contributed by atoms with Gasteiger partial charge >= 0.3 is 0 Å². The van der Waals surface area contributed by atoms with Crippen LogP contribution < -0.4 is 62.4 Å². The maximum Gasteiger partial charge on any atom is 0.172 e. The van der Waals surface area contributed by atoms with Crippen molar-refractivity contribution in [1.29, 1.82) is 0 Å². The molecule has 0 N–H and O–H groups in total. The quantitative estimate of drug-likeness (QED) is 0.0741. The van der Waals surface area contributed by atoms with Crippen molar-refractivity contribution in [2.24, 2.45) is 0 Å². The lowest BCUT2D eigenvalue weighted by atomic mass is 9.72. The lowest BCUT2D eigenvalue weighted by Crippen LogP contribution is -2.31. The molecule has 146 heavy (non-hydrogen) atoms. The minimum Gasteiger partial charge on any atom is -0.310 e. The van der Waals surface area contributed by atoms with E-state index in [0.717, 1.165) is 167 Å². The molecule has 3 aliphatic heterocycles. The minimum atomic E-state index is -3.19. The first-order valence-electron chi connectivity index (χ1n) is 48.9. The molecular weight excluding hydrogens is 1850 g/mol. The third-order valence-corrected chi connectivity index (χ3v) is 37.8. The Morgan fingerprint density at radius 1 is 0.192 bits per heavy atom. The molecule has 708 valence electrons. The number of nitrogens with zero attached hydrogens (tertiary/aromatic N) is 12. The SMILES string of the molecule is CC1(C)c2cc(-c3ccccn3)ccc2N(c2ccc(P(=O)(c3ccccc3)c3cccnc3)cc2)c2ccc(-c3ccccn3)cc21.Cc1cc(P(=O)(c2ccccc2)c2cccnc2)ccc1N1c2ccc(-c3ccccn3)cc2C(C)(C)c2cc(-c3ccccn3)ccc21.Cc1cc(P(=O)(c2ccccc2)c2cccnc2)ccc1N1c2ccc(-c3cccnc3)cc2C(C)(C)c2cc(-c3cccnc3)ccc21. The van der Waals surface area contributed by atoms with Crippen LogP contribution in [-0.2, 0) is 29.9 Å². The predicted octanol–water partition coefficient (Wildman–Crippen LogP) is 27.5. The number of hydrogen-bond acceptors (Lipinski definition) is 15. The predicted molar refractivity (Wildman–Crippen MR) is 600 cm³/mol. The Morgan fingerprint density at radius 3 is 0.699 bits per heavy atom. The molecular formula is C128H103N12O3P3. The Bertz CT molecular complexity index is 7810. The number of fused-ring (bicyclic) bond motifs is 6. The average molecular weight is 1950 g/mol. The number of benzene rings is 12. The number of pyridine rings is 9. The van der Waals surface area contributed by atoms with Crippen LogP contribution in [-0.4, -0.2) is 44.9 Å². The zero-order valence-electron chi connectivity index (χ0n) is 82.0. The van der Waals surface area contributed by atoms with E-state index in [2.05, 4.69) is 297 Å². The normalized spacial score (nSPS) is 14.4. The van der Waals surface area contributed by atoms with Gasteiger partial charge in [0.15, 0.2) is 21.4 Å². The first-order valence-corrected chi connectivity index (χ1v) is 54.0. The highest BCUT2D eigenvalue weighted by atomic mass is 31.2. The van der Waals surface area contributed by atoms with Gasteiger partial charge in [-0.3, -0.25) is 44.9 Å². The van der Waals surface area contributed by atoms with Crippen LogP contribution in [0.3, 0.4) is 0 Å². The zero-order valence-corrected chi connectivity index (χ0v) is 84.7. The molecule has 0 bridgehead atoms. The van der Waals surface area contributed by atoms with Gasteiger partial charge in [0.1, 0.15) is 0 Å². The van der Waals surface area contributed by atoms with E-state index in [1.807, 2.05) is 250 Å². The van der Waals surface area contributed by atoms with Crippen LogP contribution >= 0.6 is 21.4 Å². The summed E-state index contributed by atoms with van der Waals surface area (Å²) in [6.45, 7) is 18.0. The summed E-state index contributed by atoms with van der Waals surface area (Å²) in [6.07, 6.45) is 25.1. The van der Waals surface area contributed by atoms with Crippen molar-refractivity contribution in [3.63, 3.8) is 0 Å². The van der Waals surface area contributed by atoms with Gasteiger partial charge in [-0.15, -0.1) is 0 Å². The summed E-state index contributed by atoms with van der Waals surface area (Å²) in [5.41, 5.74) is 30.5. The van der Waals surface area contributed by atoms with E-state index in [0.29, 0.717) is 10.6 Å². The van der Waals surface area contributed by atoms with Gasteiger partial charge in [0.25, 0.3) is 0 Å².